The summed E-state index contributed by atoms with van der Waals surface area (Å²) in [6.07, 6.45) is -6.35. The van der Waals surface area contributed by atoms with Crippen LogP contribution >= 0.6 is 11.6 Å². The fourth-order valence-corrected chi connectivity index (χ4v) is 2.72. The average Bonchev–Trinajstić information content (AvgIpc) is 2.92. The molecule has 0 aliphatic rings. The molecule has 0 spiro atoms. The highest BCUT2D eigenvalue weighted by atomic mass is 35.5. The van der Waals surface area contributed by atoms with Crippen molar-refractivity contribution in [3.63, 3.8) is 0 Å². The molecule has 1 aromatic carbocycles. The molecule has 26 heavy (non-hydrogen) atoms. The van der Waals surface area contributed by atoms with Crippen LogP contribution in [0.5, 0.6) is 5.75 Å². The highest BCUT2D eigenvalue weighted by Gasteiger charge is 2.28. The minimum absolute atomic E-state index is 0.0346. The molecule has 4 nitrogen and oxygen atoms in total. The van der Waals surface area contributed by atoms with E-state index in [2.05, 4.69) is 9.84 Å². The molecule has 0 bridgehead atoms. The molecule has 0 saturated carbocycles. The number of benzene rings is 1. The van der Waals surface area contributed by atoms with E-state index in [1.807, 2.05) is 0 Å². The van der Waals surface area contributed by atoms with Gasteiger partial charge in [0.05, 0.1) is 23.0 Å². The highest BCUT2D eigenvalue weighted by molar-refractivity contribution is 6.33. The van der Waals surface area contributed by atoms with Crippen LogP contribution in [0.15, 0.2) is 24.4 Å². The fraction of sp³-hybridized carbons (Fsp3) is 0.438. The Labute approximate surface area is 151 Å². The lowest BCUT2D eigenvalue weighted by Crippen LogP contribution is -2.11. The molecule has 1 atom stereocenters. The second-order valence-electron chi connectivity index (χ2n) is 5.46. The van der Waals surface area contributed by atoms with E-state index in [9.17, 15) is 27.1 Å². The van der Waals surface area contributed by atoms with Crippen LogP contribution in [-0.2, 0) is 6.54 Å². The number of aromatic nitrogens is 2. The quantitative estimate of drug-likeness (QED) is 0.652. The summed E-state index contributed by atoms with van der Waals surface area (Å²) < 4.78 is 68.4. The van der Waals surface area contributed by atoms with Crippen LogP contribution < -0.4 is 4.74 Å². The summed E-state index contributed by atoms with van der Waals surface area (Å²) in [6, 6.07) is 3.79. The van der Waals surface area contributed by atoms with Gasteiger partial charge < -0.3 is 9.84 Å². The molecule has 0 fully saturated rings. The van der Waals surface area contributed by atoms with Gasteiger partial charge in [-0.05, 0) is 31.0 Å². The first kappa shape index (κ1) is 20.4. The Morgan fingerprint density at radius 1 is 1.31 bits per heavy atom. The number of rotatable bonds is 7. The molecule has 0 aliphatic carbocycles. The number of hydrogen-bond acceptors (Lipinski definition) is 3. The third-order valence-corrected chi connectivity index (χ3v) is 3.93. The van der Waals surface area contributed by atoms with Gasteiger partial charge in [-0.1, -0.05) is 17.7 Å². The van der Waals surface area contributed by atoms with Crippen LogP contribution in [0.2, 0.25) is 5.02 Å². The van der Waals surface area contributed by atoms with E-state index in [0.717, 1.165) is 6.07 Å². The monoisotopic (exact) mass is 398 g/mol. The van der Waals surface area contributed by atoms with Crippen LogP contribution in [0.3, 0.4) is 0 Å². The zero-order chi connectivity index (χ0) is 19.5. The molecule has 0 radical (unpaired) electrons. The normalized spacial score (nSPS) is 13.3. The smallest absolute Gasteiger partial charge is 0.389 e. The van der Waals surface area contributed by atoms with E-state index in [-0.39, 0.29) is 21.9 Å². The van der Waals surface area contributed by atoms with E-state index < -0.39 is 31.7 Å². The van der Waals surface area contributed by atoms with Crippen molar-refractivity contribution in [3.8, 4) is 17.0 Å². The lowest BCUT2D eigenvalue weighted by Gasteiger charge is -2.17. The van der Waals surface area contributed by atoms with E-state index in [4.69, 9.17) is 11.6 Å². The zero-order valence-electron chi connectivity index (χ0n) is 13.6. The Morgan fingerprint density at radius 2 is 2.00 bits per heavy atom. The maximum absolute atomic E-state index is 12.8. The van der Waals surface area contributed by atoms with Gasteiger partial charge in [0.25, 0.3) is 0 Å². The Balaban J connectivity index is 2.40. The van der Waals surface area contributed by atoms with Crippen molar-refractivity contribution in [3.05, 3.63) is 35.0 Å². The first-order valence-corrected chi connectivity index (χ1v) is 8.05. The van der Waals surface area contributed by atoms with Crippen LogP contribution in [0.1, 0.15) is 31.4 Å². The van der Waals surface area contributed by atoms with Gasteiger partial charge in [-0.3, -0.25) is 4.68 Å². The fourth-order valence-electron chi connectivity index (χ4n) is 2.47. The third kappa shape index (κ3) is 5.07. The number of aryl methyl sites for hydroxylation is 1. The summed E-state index contributed by atoms with van der Waals surface area (Å²) in [5.74, 6) is -0.305. The lowest BCUT2D eigenvalue weighted by atomic mass is 10.0. The van der Waals surface area contributed by atoms with Crippen molar-refractivity contribution in [2.45, 2.75) is 45.2 Å². The molecule has 0 amide bonds. The van der Waals surface area contributed by atoms with Crippen molar-refractivity contribution >= 4 is 11.6 Å². The lowest BCUT2D eigenvalue weighted by molar-refractivity contribution is -0.140. The van der Waals surface area contributed by atoms with Crippen LogP contribution in [0.4, 0.5) is 22.0 Å². The molecule has 144 valence electrons. The summed E-state index contributed by atoms with van der Waals surface area (Å²) in [5, 5.41) is 14.1. The van der Waals surface area contributed by atoms with Gasteiger partial charge in [0.2, 0.25) is 0 Å². The Morgan fingerprint density at radius 3 is 2.58 bits per heavy atom. The van der Waals surface area contributed by atoms with Crippen LogP contribution in [-0.4, -0.2) is 27.7 Å². The number of halogens is 6. The first-order valence-electron chi connectivity index (χ1n) is 7.67. The molecule has 1 heterocycles. The third-order valence-electron chi connectivity index (χ3n) is 3.66. The second-order valence-corrected chi connectivity index (χ2v) is 5.87. The van der Waals surface area contributed by atoms with Gasteiger partial charge in [0, 0.05) is 18.5 Å². The number of ether oxygens (including phenoxy) is 1. The number of hydrogen-bond donors (Lipinski definition) is 1. The standard InChI is InChI=1S/C16H16ClF5N2O2/c1-2-24-14(11(17)8-23-24)10-4-3-9(7-13(10)26-15(18)19)12(25)5-6-16(20,21)22/h3-4,7-8,12,15,25H,2,5-6H2,1H3. The van der Waals surface area contributed by atoms with Gasteiger partial charge in [-0.2, -0.15) is 27.1 Å². The van der Waals surface area contributed by atoms with Gasteiger partial charge in [0.1, 0.15) is 5.75 Å². The molecule has 0 aliphatic heterocycles. The van der Waals surface area contributed by atoms with Crippen LogP contribution in [0.25, 0.3) is 11.3 Å². The topological polar surface area (TPSA) is 47.3 Å². The van der Waals surface area contributed by atoms with Gasteiger partial charge >= 0.3 is 12.8 Å². The average molecular weight is 399 g/mol. The van der Waals surface area contributed by atoms with Gasteiger partial charge in [-0.15, -0.1) is 0 Å². The molecule has 1 N–H and O–H groups in total. The molecular weight excluding hydrogens is 383 g/mol. The van der Waals surface area contributed by atoms with Crippen molar-refractivity contribution in [1.29, 1.82) is 0 Å². The largest absolute Gasteiger partial charge is 0.434 e. The van der Waals surface area contributed by atoms with Gasteiger partial charge in [-0.25, -0.2) is 0 Å². The molecule has 1 unspecified atom stereocenters. The van der Waals surface area contributed by atoms with E-state index in [1.165, 1.54) is 23.0 Å². The van der Waals surface area contributed by atoms with Crippen molar-refractivity contribution in [2.24, 2.45) is 0 Å². The van der Waals surface area contributed by atoms with Crippen molar-refractivity contribution in [1.82, 2.24) is 9.78 Å². The Hall–Kier alpha value is -1.87. The summed E-state index contributed by atoms with van der Waals surface area (Å²) in [4.78, 5) is 0. The first-order chi connectivity index (χ1) is 12.1. The molecule has 2 aromatic rings. The second kappa shape index (κ2) is 8.22. The minimum Gasteiger partial charge on any atom is -0.434 e. The van der Waals surface area contributed by atoms with Crippen LogP contribution in [0, 0.1) is 0 Å². The molecule has 2 rings (SSSR count). The highest BCUT2D eigenvalue weighted by Crippen LogP contribution is 2.38. The number of nitrogens with zero attached hydrogens (tertiary/aromatic N) is 2. The molecule has 1 aromatic heterocycles. The van der Waals surface area contributed by atoms with Crippen molar-refractivity contribution in [2.75, 3.05) is 0 Å². The van der Waals surface area contributed by atoms with Crippen molar-refractivity contribution < 1.29 is 31.8 Å². The Kier molecular flexibility index (Phi) is 6.46. The van der Waals surface area contributed by atoms with E-state index >= 15 is 0 Å². The molecule has 10 heteroatoms. The summed E-state index contributed by atoms with van der Waals surface area (Å²) in [7, 11) is 0. The predicted octanol–water partition coefficient (Wildman–Crippen LogP) is 5.20. The molecular formula is C16H16ClF5N2O2. The maximum Gasteiger partial charge on any atom is 0.389 e. The minimum atomic E-state index is -4.43. The SMILES string of the molecule is CCn1ncc(Cl)c1-c1ccc(C(O)CCC(F)(F)F)cc1OC(F)F. The summed E-state index contributed by atoms with van der Waals surface area (Å²) in [5.41, 5.74) is 0.565. The maximum atomic E-state index is 12.8. The predicted molar refractivity (Wildman–Crippen MR) is 85.2 cm³/mol. The number of alkyl halides is 5. The molecule has 0 saturated heterocycles. The van der Waals surface area contributed by atoms with Gasteiger partial charge in [0.15, 0.2) is 0 Å². The zero-order valence-corrected chi connectivity index (χ0v) is 14.4. The van der Waals surface area contributed by atoms with E-state index in [0.29, 0.717) is 12.2 Å². The summed E-state index contributed by atoms with van der Waals surface area (Å²) >= 11 is 6.07. The number of aliphatic hydroxyl groups excluding tert-OH is 1. The number of aliphatic hydroxyl groups is 1. The van der Waals surface area contributed by atoms with E-state index in [1.54, 1.807) is 6.92 Å². The summed E-state index contributed by atoms with van der Waals surface area (Å²) in [6.45, 7) is -0.977. The Bertz CT molecular complexity index is 749.